The van der Waals surface area contributed by atoms with Gasteiger partial charge in [0, 0.05) is 7.11 Å². The Hall–Kier alpha value is -3.08. The number of ether oxygens (including phenoxy) is 2. The summed E-state index contributed by atoms with van der Waals surface area (Å²) in [5.41, 5.74) is 0.864. The number of methoxy groups -OCH3 is 1. The van der Waals surface area contributed by atoms with Gasteiger partial charge in [0.1, 0.15) is 5.75 Å². The maximum absolute atomic E-state index is 12.2. The van der Waals surface area contributed by atoms with Crippen LogP contribution in [0.4, 0.5) is 8.78 Å². The Balaban J connectivity index is 2.11. The molecule has 0 aliphatic rings. The van der Waals surface area contributed by atoms with Crippen LogP contribution in [0.2, 0.25) is 0 Å². The number of carboxylic acid groups (broad SMARTS) is 1. The minimum Gasteiger partial charge on any atom is -0.479 e. The average Bonchev–Trinajstić information content (AvgIpc) is 2.97. The van der Waals surface area contributed by atoms with E-state index in [9.17, 15) is 18.4 Å². The van der Waals surface area contributed by atoms with Crippen LogP contribution in [0.3, 0.4) is 0 Å². The van der Waals surface area contributed by atoms with Crippen molar-refractivity contribution in [2.45, 2.75) is 19.6 Å². The fraction of sp³-hybridized carbons (Fsp3) is 0.333. The molecular formula is C15H16F2N4O5. The largest absolute Gasteiger partial charge is 0.479 e. The Kier molecular flexibility index (Phi) is 6.17. The van der Waals surface area contributed by atoms with E-state index < -0.39 is 24.6 Å². The SMILES string of the molecule is COC(CNC(=O)c1nnn(-c2ccc(OC(F)F)cc2)c1C)C(=O)O. The standard InChI is InChI=1S/C15H16F2N4O5/c1-8-12(13(22)18-7-11(25-2)14(23)24)19-20-21(8)9-3-5-10(6-4-9)26-15(16)17/h3-6,11,15H,7H2,1-2H3,(H,18,22)(H,23,24). The number of halogens is 2. The fourth-order valence-electron chi connectivity index (χ4n) is 2.09. The molecule has 140 valence electrons. The van der Waals surface area contributed by atoms with Crippen molar-refractivity contribution in [1.29, 1.82) is 0 Å². The van der Waals surface area contributed by atoms with Crippen LogP contribution >= 0.6 is 0 Å². The van der Waals surface area contributed by atoms with E-state index in [1.165, 1.54) is 36.1 Å². The number of carbonyl (C=O) groups is 2. The molecule has 0 bridgehead atoms. The Morgan fingerprint density at radius 2 is 1.96 bits per heavy atom. The van der Waals surface area contributed by atoms with Crippen LogP contribution in [0.1, 0.15) is 16.2 Å². The summed E-state index contributed by atoms with van der Waals surface area (Å²) < 4.78 is 34.7. The fourth-order valence-corrected chi connectivity index (χ4v) is 2.09. The summed E-state index contributed by atoms with van der Waals surface area (Å²) in [6.45, 7) is -1.58. The van der Waals surface area contributed by atoms with Crippen LogP contribution in [0.25, 0.3) is 5.69 Å². The summed E-state index contributed by atoms with van der Waals surface area (Å²) in [4.78, 5) is 23.0. The predicted octanol–water partition coefficient (Wildman–Crippen LogP) is 1.01. The number of carboxylic acids is 1. The summed E-state index contributed by atoms with van der Waals surface area (Å²) in [5, 5.41) is 18.9. The van der Waals surface area contributed by atoms with Crippen LogP contribution in [0.15, 0.2) is 24.3 Å². The molecule has 0 aliphatic carbocycles. The number of hydrogen-bond donors (Lipinski definition) is 2. The summed E-state index contributed by atoms with van der Waals surface area (Å²) >= 11 is 0. The zero-order valence-electron chi connectivity index (χ0n) is 13.8. The van der Waals surface area contributed by atoms with Gasteiger partial charge in [0.05, 0.1) is 17.9 Å². The number of rotatable bonds is 8. The Morgan fingerprint density at radius 3 is 2.50 bits per heavy atom. The number of nitrogens with zero attached hydrogens (tertiary/aromatic N) is 3. The van der Waals surface area contributed by atoms with E-state index in [0.29, 0.717) is 11.4 Å². The van der Waals surface area contributed by atoms with E-state index in [-0.39, 0.29) is 18.0 Å². The van der Waals surface area contributed by atoms with Crippen molar-refractivity contribution in [2.24, 2.45) is 0 Å². The molecule has 2 aromatic rings. The molecule has 1 atom stereocenters. The molecule has 11 heteroatoms. The molecule has 0 saturated heterocycles. The Bertz CT molecular complexity index is 779. The predicted molar refractivity (Wildman–Crippen MR) is 83.5 cm³/mol. The summed E-state index contributed by atoms with van der Waals surface area (Å²) in [6.07, 6.45) is -1.18. The average molecular weight is 370 g/mol. The normalized spacial score (nSPS) is 12.0. The number of amides is 1. The van der Waals surface area contributed by atoms with E-state index in [4.69, 9.17) is 9.84 Å². The maximum Gasteiger partial charge on any atom is 0.387 e. The van der Waals surface area contributed by atoms with Crippen molar-refractivity contribution >= 4 is 11.9 Å². The third kappa shape index (κ3) is 4.51. The number of nitrogens with one attached hydrogen (secondary N) is 1. The molecule has 1 heterocycles. The van der Waals surface area contributed by atoms with Gasteiger partial charge in [0.15, 0.2) is 11.8 Å². The molecule has 1 aromatic carbocycles. The van der Waals surface area contributed by atoms with Crippen molar-refractivity contribution < 1.29 is 33.0 Å². The lowest BCUT2D eigenvalue weighted by Crippen LogP contribution is -2.38. The van der Waals surface area contributed by atoms with Gasteiger partial charge in [0.25, 0.3) is 5.91 Å². The number of aromatic nitrogens is 3. The molecule has 1 unspecified atom stereocenters. The van der Waals surface area contributed by atoms with Gasteiger partial charge in [-0.25, -0.2) is 9.48 Å². The highest BCUT2D eigenvalue weighted by Crippen LogP contribution is 2.18. The highest BCUT2D eigenvalue weighted by atomic mass is 19.3. The number of benzene rings is 1. The van der Waals surface area contributed by atoms with Crippen molar-refractivity contribution in [1.82, 2.24) is 20.3 Å². The van der Waals surface area contributed by atoms with Crippen LogP contribution < -0.4 is 10.1 Å². The lowest BCUT2D eigenvalue weighted by atomic mass is 10.2. The highest BCUT2D eigenvalue weighted by molar-refractivity contribution is 5.93. The van der Waals surface area contributed by atoms with Crippen LogP contribution in [0, 0.1) is 6.92 Å². The third-order valence-electron chi connectivity index (χ3n) is 3.42. The molecule has 1 aromatic heterocycles. The second kappa shape index (κ2) is 8.34. The lowest BCUT2D eigenvalue weighted by molar-refractivity contribution is -0.148. The van der Waals surface area contributed by atoms with Gasteiger partial charge in [-0.05, 0) is 31.2 Å². The second-order valence-corrected chi connectivity index (χ2v) is 5.08. The van der Waals surface area contributed by atoms with Gasteiger partial charge in [-0.2, -0.15) is 8.78 Å². The van der Waals surface area contributed by atoms with E-state index in [1.807, 2.05) is 0 Å². The summed E-state index contributed by atoms with van der Waals surface area (Å²) in [5.74, 6) is -1.84. The lowest BCUT2D eigenvalue weighted by Gasteiger charge is -2.11. The Morgan fingerprint density at radius 1 is 1.31 bits per heavy atom. The van der Waals surface area contributed by atoms with E-state index in [2.05, 4.69) is 20.4 Å². The molecule has 26 heavy (non-hydrogen) atoms. The number of alkyl halides is 2. The first-order chi connectivity index (χ1) is 12.3. The van der Waals surface area contributed by atoms with E-state index in [0.717, 1.165) is 0 Å². The van der Waals surface area contributed by atoms with Gasteiger partial charge in [0.2, 0.25) is 0 Å². The minimum absolute atomic E-state index is 0.00171. The first-order valence-electron chi connectivity index (χ1n) is 7.34. The van der Waals surface area contributed by atoms with Crippen molar-refractivity contribution in [3.63, 3.8) is 0 Å². The van der Waals surface area contributed by atoms with Gasteiger partial charge in [-0.15, -0.1) is 5.10 Å². The molecule has 0 radical (unpaired) electrons. The first kappa shape index (κ1) is 19.2. The maximum atomic E-state index is 12.2. The number of aliphatic carboxylic acids is 1. The third-order valence-corrected chi connectivity index (χ3v) is 3.42. The zero-order valence-corrected chi connectivity index (χ0v) is 13.8. The van der Waals surface area contributed by atoms with Crippen LogP contribution in [0.5, 0.6) is 5.75 Å². The van der Waals surface area contributed by atoms with Crippen LogP contribution in [-0.2, 0) is 9.53 Å². The molecule has 2 N–H and O–H groups in total. The van der Waals surface area contributed by atoms with Crippen molar-refractivity contribution in [3.8, 4) is 11.4 Å². The van der Waals surface area contributed by atoms with Gasteiger partial charge < -0.3 is 19.9 Å². The van der Waals surface area contributed by atoms with Gasteiger partial charge in [-0.1, -0.05) is 5.21 Å². The van der Waals surface area contributed by atoms with Crippen molar-refractivity contribution in [2.75, 3.05) is 13.7 Å². The zero-order chi connectivity index (χ0) is 19.3. The molecule has 0 saturated carbocycles. The highest BCUT2D eigenvalue weighted by Gasteiger charge is 2.21. The van der Waals surface area contributed by atoms with Gasteiger partial charge in [-0.3, -0.25) is 4.79 Å². The molecule has 1 amide bonds. The van der Waals surface area contributed by atoms with E-state index >= 15 is 0 Å². The molecular weight excluding hydrogens is 354 g/mol. The smallest absolute Gasteiger partial charge is 0.387 e. The molecule has 9 nitrogen and oxygen atoms in total. The quantitative estimate of drug-likeness (QED) is 0.712. The van der Waals surface area contributed by atoms with Gasteiger partial charge >= 0.3 is 12.6 Å². The van der Waals surface area contributed by atoms with Crippen LogP contribution in [-0.4, -0.2) is 58.3 Å². The molecule has 0 fully saturated rings. The molecule has 0 aliphatic heterocycles. The second-order valence-electron chi connectivity index (χ2n) is 5.08. The monoisotopic (exact) mass is 370 g/mol. The molecule has 2 rings (SSSR count). The number of hydrogen-bond acceptors (Lipinski definition) is 6. The topological polar surface area (TPSA) is 116 Å². The Labute approximate surface area is 146 Å². The van der Waals surface area contributed by atoms with E-state index in [1.54, 1.807) is 6.92 Å². The summed E-state index contributed by atoms with van der Waals surface area (Å²) in [7, 11) is 1.22. The van der Waals surface area contributed by atoms with Crippen molar-refractivity contribution in [3.05, 3.63) is 35.7 Å². The summed E-state index contributed by atoms with van der Waals surface area (Å²) in [6, 6.07) is 5.62. The first-order valence-corrected chi connectivity index (χ1v) is 7.34. The molecule has 0 spiro atoms. The minimum atomic E-state index is -2.93. The number of carbonyl (C=O) groups excluding carboxylic acids is 1.